The van der Waals surface area contributed by atoms with Gasteiger partial charge in [-0.15, -0.1) is 10.2 Å². The molecule has 2 aromatic rings. The molecule has 0 aliphatic rings. The first-order valence-corrected chi connectivity index (χ1v) is 5.29. The monoisotopic (exact) mass is 248 g/mol. The lowest BCUT2D eigenvalue weighted by Gasteiger charge is -2.13. The molecule has 0 aliphatic heterocycles. The van der Waals surface area contributed by atoms with E-state index < -0.39 is 4.92 Å². The van der Waals surface area contributed by atoms with Gasteiger partial charge >= 0.3 is 5.82 Å². The number of rotatable bonds is 4. The van der Waals surface area contributed by atoms with E-state index in [-0.39, 0.29) is 11.9 Å². The molecule has 18 heavy (non-hydrogen) atoms. The highest BCUT2D eigenvalue weighted by molar-refractivity contribution is 5.57. The van der Waals surface area contributed by atoms with Gasteiger partial charge in [0.25, 0.3) is 0 Å². The number of pyridine rings is 1. The molecule has 0 amide bonds. The largest absolute Gasteiger partial charge is 0.386 e. The summed E-state index contributed by atoms with van der Waals surface area (Å²) < 4.78 is 1.75. The maximum Gasteiger partial charge on any atom is 0.386 e. The Morgan fingerprint density at radius 3 is 2.94 bits per heavy atom. The van der Waals surface area contributed by atoms with Crippen LogP contribution < -0.4 is 5.32 Å². The van der Waals surface area contributed by atoms with Crippen LogP contribution in [0.2, 0.25) is 0 Å². The molecule has 1 N–H and O–H groups in total. The van der Waals surface area contributed by atoms with Gasteiger partial charge in [0.05, 0.1) is 6.04 Å². The average Bonchev–Trinajstić information content (AvgIpc) is 2.76. The average molecular weight is 248 g/mol. The van der Waals surface area contributed by atoms with Crippen molar-refractivity contribution >= 4 is 11.5 Å². The first-order chi connectivity index (χ1) is 8.59. The number of nitrogens with one attached hydrogen (secondary N) is 1. The molecule has 0 saturated heterocycles. The molecule has 94 valence electrons. The van der Waals surface area contributed by atoms with Gasteiger partial charge in [-0.1, -0.05) is 0 Å². The zero-order chi connectivity index (χ0) is 13.1. The predicted octanol–water partition coefficient (Wildman–Crippen LogP) is 1.29. The van der Waals surface area contributed by atoms with E-state index in [1.165, 1.54) is 6.20 Å². The van der Waals surface area contributed by atoms with Gasteiger partial charge in [0.1, 0.15) is 18.2 Å². The van der Waals surface area contributed by atoms with Crippen molar-refractivity contribution in [1.29, 1.82) is 0 Å². The number of aromatic nitrogens is 4. The highest BCUT2D eigenvalue weighted by Crippen LogP contribution is 2.24. The van der Waals surface area contributed by atoms with Crippen LogP contribution >= 0.6 is 0 Å². The Morgan fingerprint density at radius 1 is 1.56 bits per heavy atom. The smallest absolute Gasteiger partial charge is 0.368 e. The Labute approximate surface area is 103 Å². The second-order valence-electron chi connectivity index (χ2n) is 3.80. The second-order valence-corrected chi connectivity index (χ2v) is 3.80. The summed E-state index contributed by atoms with van der Waals surface area (Å²) in [6.07, 6.45) is 2.96. The van der Waals surface area contributed by atoms with Crippen LogP contribution in [0.25, 0.3) is 0 Å². The maximum atomic E-state index is 10.8. The molecule has 8 heteroatoms. The Hall–Kier alpha value is -2.51. The lowest BCUT2D eigenvalue weighted by Crippen LogP contribution is -2.13. The maximum absolute atomic E-state index is 10.8. The lowest BCUT2D eigenvalue weighted by atomic mass is 10.3. The minimum atomic E-state index is -0.522. The van der Waals surface area contributed by atoms with E-state index in [1.807, 2.05) is 14.0 Å². The summed E-state index contributed by atoms with van der Waals surface area (Å²) in [6, 6.07) is 3.04. The molecule has 1 unspecified atom stereocenters. The molecule has 0 spiro atoms. The third-order valence-electron chi connectivity index (χ3n) is 2.47. The van der Waals surface area contributed by atoms with Crippen LogP contribution in [0, 0.1) is 10.1 Å². The van der Waals surface area contributed by atoms with Crippen LogP contribution in [-0.2, 0) is 7.05 Å². The standard InChI is InChI=1S/C10H12N6O2/c1-7(9-14-12-6-15(9)2)13-8-4-3-5-11-10(8)16(17)18/h3-7,13H,1-2H3. The fraction of sp³-hybridized carbons (Fsp3) is 0.300. The van der Waals surface area contributed by atoms with Gasteiger partial charge in [-0.25, -0.2) is 0 Å². The Kier molecular flexibility index (Phi) is 3.18. The minimum Gasteiger partial charge on any atom is -0.368 e. The van der Waals surface area contributed by atoms with Gasteiger partial charge in [-0.2, -0.15) is 0 Å². The van der Waals surface area contributed by atoms with Crippen LogP contribution in [0.1, 0.15) is 18.8 Å². The highest BCUT2D eigenvalue weighted by atomic mass is 16.6. The topological polar surface area (TPSA) is 98.8 Å². The van der Waals surface area contributed by atoms with Crippen LogP contribution in [0.15, 0.2) is 24.7 Å². The third-order valence-corrected chi connectivity index (χ3v) is 2.47. The fourth-order valence-electron chi connectivity index (χ4n) is 1.64. The van der Waals surface area contributed by atoms with Crippen LogP contribution in [0.5, 0.6) is 0 Å². The van der Waals surface area contributed by atoms with Crippen molar-refractivity contribution in [3.63, 3.8) is 0 Å². The van der Waals surface area contributed by atoms with Crippen molar-refractivity contribution in [1.82, 2.24) is 19.7 Å². The molecule has 2 aromatic heterocycles. The van der Waals surface area contributed by atoms with Crippen molar-refractivity contribution < 1.29 is 4.92 Å². The number of anilines is 1. The SMILES string of the molecule is CC(Nc1cccnc1[N+](=O)[O-])c1nncn1C. The van der Waals surface area contributed by atoms with Crippen LogP contribution in [0.4, 0.5) is 11.5 Å². The molecular weight excluding hydrogens is 236 g/mol. The zero-order valence-corrected chi connectivity index (χ0v) is 9.94. The van der Waals surface area contributed by atoms with Gasteiger partial charge in [-0.05, 0) is 29.0 Å². The van der Waals surface area contributed by atoms with Crippen LogP contribution in [0.3, 0.4) is 0 Å². The Bertz CT molecular complexity index is 567. The first-order valence-electron chi connectivity index (χ1n) is 5.29. The normalized spacial score (nSPS) is 12.1. The summed E-state index contributed by atoms with van der Waals surface area (Å²) in [6.45, 7) is 1.85. The van der Waals surface area contributed by atoms with E-state index in [0.717, 1.165) is 0 Å². The summed E-state index contributed by atoms with van der Waals surface area (Å²) in [7, 11) is 1.81. The van der Waals surface area contributed by atoms with E-state index in [0.29, 0.717) is 11.5 Å². The first kappa shape index (κ1) is 12.0. The molecule has 2 heterocycles. The summed E-state index contributed by atoms with van der Waals surface area (Å²) in [5.41, 5.74) is 0.359. The zero-order valence-electron chi connectivity index (χ0n) is 9.94. The number of nitrogens with zero attached hydrogens (tertiary/aromatic N) is 5. The summed E-state index contributed by atoms with van der Waals surface area (Å²) in [5, 5.41) is 21.5. The van der Waals surface area contributed by atoms with E-state index in [4.69, 9.17) is 0 Å². The Balaban J connectivity index is 2.25. The van der Waals surface area contributed by atoms with Crippen molar-refractivity contribution in [3.05, 3.63) is 40.6 Å². The number of aryl methyl sites for hydroxylation is 1. The van der Waals surface area contributed by atoms with E-state index >= 15 is 0 Å². The Morgan fingerprint density at radius 2 is 2.33 bits per heavy atom. The van der Waals surface area contributed by atoms with Gasteiger partial charge in [-0.3, -0.25) is 0 Å². The van der Waals surface area contributed by atoms with Crippen molar-refractivity contribution in [2.75, 3.05) is 5.32 Å². The number of hydrogen-bond acceptors (Lipinski definition) is 6. The lowest BCUT2D eigenvalue weighted by molar-refractivity contribution is -0.388. The molecular formula is C10H12N6O2. The second kappa shape index (κ2) is 4.78. The summed E-state index contributed by atoms with van der Waals surface area (Å²) in [5.74, 6) is 0.486. The van der Waals surface area contributed by atoms with Gasteiger partial charge in [0, 0.05) is 7.05 Å². The minimum absolute atomic E-state index is 0.202. The molecule has 1 atom stereocenters. The van der Waals surface area contributed by atoms with E-state index in [2.05, 4.69) is 20.5 Å². The number of hydrogen-bond donors (Lipinski definition) is 1. The van der Waals surface area contributed by atoms with E-state index in [1.54, 1.807) is 23.0 Å². The fourth-order valence-corrected chi connectivity index (χ4v) is 1.64. The number of nitro groups is 1. The molecule has 0 aliphatic carbocycles. The molecule has 0 aromatic carbocycles. The predicted molar refractivity (Wildman–Crippen MR) is 63.9 cm³/mol. The third kappa shape index (κ3) is 2.26. The van der Waals surface area contributed by atoms with Crippen molar-refractivity contribution in [3.8, 4) is 0 Å². The molecule has 0 saturated carbocycles. The summed E-state index contributed by atoms with van der Waals surface area (Å²) >= 11 is 0. The molecule has 0 bridgehead atoms. The molecule has 0 radical (unpaired) electrons. The van der Waals surface area contributed by atoms with Gasteiger partial charge < -0.3 is 20.0 Å². The summed E-state index contributed by atoms with van der Waals surface area (Å²) in [4.78, 5) is 14.0. The van der Waals surface area contributed by atoms with Gasteiger partial charge in [0.2, 0.25) is 0 Å². The van der Waals surface area contributed by atoms with Crippen LogP contribution in [-0.4, -0.2) is 24.7 Å². The quantitative estimate of drug-likeness (QED) is 0.646. The highest BCUT2D eigenvalue weighted by Gasteiger charge is 2.18. The van der Waals surface area contributed by atoms with E-state index in [9.17, 15) is 10.1 Å². The van der Waals surface area contributed by atoms with Gasteiger partial charge in [0.15, 0.2) is 5.82 Å². The molecule has 2 rings (SSSR count). The van der Waals surface area contributed by atoms with Crippen molar-refractivity contribution in [2.24, 2.45) is 7.05 Å². The van der Waals surface area contributed by atoms with Crippen molar-refractivity contribution in [2.45, 2.75) is 13.0 Å². The molecule has 8 nitrogen and oxygen atoms in total. The molecule has 0 fully saturated rings.